The molecule has 6 nitrogen and oxygen atoms in total. The minimum absolute atomic E-state index is 0.0267. The van der Waals surface area contributed by atoms with Crippen molar-refractivity contribution in [3.05, 3.63) is 30.3 Å². The van der Waals surface area contributed by atoms with Crippen molar-refractivity contribution in [2.24, 2.45) is 5.92 Å². The van der Waals surface area contributed by atoms with Gasteiger partial charge in [0.1, 0.15) is 5.75 Å². The number of hydrogen-bond donors (Lipinski definition) is 1. The first-order chi connectivity index (χ1) is 11.3. The van der Waals surface area contributed by atoms with E-state index in [-0.39, 0.29) is 24.1 Å². The third-order valence-corrected chi connectivity index (χ3v) is 5.90. The molecule has 0 spiro atoms. The van der Waals surface area contributed by atoms with Gasteiger partial charge in [-0.05, 0) is 44.9 Å². The Hall–Kier alpha value is -1.86. The largest absolute Gasteiger partial charge is 0.490 e. The highest BCUT2D eigenvalue weighted by molar-refractivity contribution is 7.89. The van der Waals surface area contributed by atoms with Crippen LogP contribution in [0.5, 0.6) is 5.75 Å². The Balaban J connectivity index is 2.23. The lowest BCUT2D eigenvalue weighted by Gasteiger charge is -2.29. The van der Waals surface area contributed by atoms with Gasteiger partial charge >= 0.3 is 5.97 Å². The molecule has 1 aliphatic rings. The minimum Gasteiger partial charge on any atom is -0.490 e. The van der Waals surface area contributed by atoms with E-state index < -0.39 is 21.9 Å². The maximum absolute atomic E-state index is 12.8. The number of sulfonamides is 1. The molecule has 0 bridgehead atoms. The first-order valence-electron chi connectivity index (χ1n) is 7.91. The molecular formula is C17H23NO5S. The minimum atomic E-state index is -3.65. The third kappa shape index (κ3) is 3.96. The van der Waals surface area contributed by atoms with Gasteiger partial charge in [0.2, 0.25) is 10.0 Å². The first kappa shape index (κ1) is 18.5. The molecule has 0 unspecified atom stereocenters. The number of carboxylic acids is 1. The van der Waals surface area contributed by atoms with Crippen molar-refractivity contribution in [3.8, 4) is 5.75 Å². The summed E-state index contributed by atoms with van der Waals surface area (Å²) in [6, 6.07) is 4.69. The molecule has 1 heterocycles. The summed E-state index contributed by atoms with van der Waals surface area (Å²) >= 11 is 0. The number of carboxylic acid groups (broad SMARTS) is 1. The number of piperidine rings is 1. The molecule has 1 saturated heterocycles. The fourth-order valence-electron chi connectivity index (χ4n) is 2.70. The van der Waals surface area contributed by atoms with Crippen molar-refractivity contribution in [3.63, 3.8) is 0 Å². The van der Waals surface area contributed by atoms with Crippen LogP contribution in [0.3, 0.4) is 0 Å². The molecule has 24 heavy (non-hydrogen) atoms. The van der Waals surface area contributed by atoms with Crippen LogP contribution in [0.1, 0.15) is 32.3 Å². The zero-order valence-corrected chi connectivity index (χ0v) is 14.8. The van der Waals surface area contributed by atoms with Gasteiger partial charge in [0, 0.05) is 18.7 Å². The SMILES string of the molecule is C=Cc1cc(S(=O)(=O)N2CCC(C(=O)O)CC2)ccc1OC(C)C. The fourth-order valence-corrected chi connectivity index (χ4v) is 4.21. The van der Waals surface area contributed by atoms with Gasteiger partial charge in [-0.15, -0.1) is 0 Å². The lowest BCUT2D eigenvalue weighted by Crippen LogP contribution is -2.40. The van der Waals surface area contributed by atoms with Crippen molar-refractivity contribution in [2.75, 3.05) is 13.1 Å². The van der Waals surface area contributed by atoms with E-state index in [1.165, 1.54) is 10.4 Å². The molecule has 0 saturated carbocycles. The summed E-state index contributed by atoms with van der Waals surface area (Å²) in [5, 5.41) is 9.02. The van der Waals surface area contributed by atoms with Gasteiger partial charge in [-0.3, -0.25) is 4.79 Å². The molecule has 1 fully saturated rings. The molecular weight excluding hydrogens is 330 g/mol. The molecule has 0 amide bonds. The molecule has 2 rings (SSSR count). The monoisotopic (exact) mass is 353 g/mol. The Morgan fingerprint density at radius 1 is 1.38 bits per heavy atom. The van der Waals surface area contributed by atoms with Gasteiger partial charge in [0.25, 0.3) is 0 Å². The van der Waals surface area contributed by atoms with Gasteiger partial charge in [0.05, 0.1) is 16.9 Å². The standard InChI is InChI=1S/C17H23NO5S/c1-4-13-11-15(5-6-16(13)23-12(2)3)24(21,22)18-9-7-14(8-10-18)17(19)20/h4-6,11-12,14H,1,7-10H2,2-3H3,(H,19,20). The first-order valence-corrected chi connectivity index (χ1v) is 9.35. The summed E-state index contributed by atoms with van der Waals surface area (Å²) < 4.78 is 32.5. The summed E-state index contributed by atoms with van der Waals surface area (Å²) in [7, 11) is -3.65. The van der Waals surface area contributed by atoms with E-state index in [0.29, 0.717) is 24.2 Å². The van der Waals surface area contributed by atoms with E-state index >= 15 is 0 Å². The Bertz CT molecular complexity index is 718. The summed E-state index contributed by atoms with van der Waals surface area (Å²) in [6.45, 7) is 7.93. The second-order valence-corrected chi connectivity index (χ2v) is 8.02. The van der Waals surface area contributed by atoms with E-state index in [2.05, 4.69) is 6.58 Å². The predicted molar refractivity (Wildman–Crippen MR) is 91.4 cm³/mol. The highest BCUT2D eigenvalue weighted by Gasteiger charge is 2.32. The Morgan fingerprint density at radius 2 is 2.00 bits per heavy atom. The van der Waals surface area contributed by atoms with Crippen LogP contribution < -0.4 is 4.74 Å². The van der Waals surface area contributed by atoms with Crippen molar-refractivity contribution >= 4 is 22.1 Å². The van der Waals surface area contributed by atoms with Gasteiger partial charge in [0.15, 0.2) is 0 Å². The lowest BCUT2D eigenvalue weighted by molar-refractivity contribution is -0.142. The lowest BCUT2D eigenvalue weighted by atomic mass is 9.99. The van der Waals surface area contributed by atoms with Crippen LogP contribution in [0.4, 0.5) is 0 Å². The summed E-state index contributed by atoms with van der Waals surface area (Å²) in [5.74, 6) is -0.748. The van der Waals surface area contributed by atoms with Crippen LogP contribution in [0.15, 0.2) is 29.7 Å². The van der Waals surface area contributed by atoms with Crippen LogP contribution in [0.2, 0.25) is 0 Å². The quantitative estimate of drug-likeness (QED) is 0.850. The normalized spacial score (nSPS) is 17.0. The molecule has 1 aromatic rings. The summed E-state index contributed by atoms with van der Waals surface area (Å²) in [5.41, 5.74) is 0.616. The number of ether oxygens (including phenoxy) is 1. The second kappa shape index (κ2) is 7.36. The molecule has 0 aliphatic carbocycles. The highest BCUT2D eigenvalue weighted by atomic mass is 32.2. The van der Waals surface area contributed by atoms with Crippen LogP contribution in [0, 0.1) is 5.92 Å². The zero-order valence-electron chi connectivity index (χ0n) is 13.9. The van der Waals surface area contributed by atoms with Crippen molar-refractivity contribution in [2.45, 2.75) is 37.7 Å². The number of rotatable bonds is 6. The fraction of sp³-hybridized carbons (Fsp3) is 0.471. The smallest absolute Gasteiger partial charge is 0.306 e. The van der Waals surface area contributed by atoms with Gasteiger partial charge in [-0.2, -0.15) is 4.31 Å². The average molecular weight is 353 g/mol. The maximum Gasteiger partial charge on any atom is 0.306 e. The topological polar surface area (TPSA) is 83.9 Å². The molecule has 1 aliphatic heterocycles. The van der Waals surface area contributed by atoms with Crippen molar-refractivity contribution in [1.82, 2.24) is 4.31 Å². The summed E-state index contributed by atoms with van der Waals surface area (Å²) in [6.07, 6.45) is 2.20. The predicted octanol–water partition coefficient (Wildman–Crippen LogP) is 2.60. The van der Waals surface area contributed by atoms with Crippen LogP contribution >= 0.6 is 0 Å². The molecule has 0 aromatic heterocycles. The number of benzene rings is 1. The van der Waals surface area contributed by atoms with Gasteiger partial charge in [-0.1, -0.05) is 12.7 Å². The van der Waals surface area contributed by atoms with E-state index in [1.807, 2.05) is 13.8 Å². The van der Waals surface area contributed by atoms with Gasteiger partial charge < -0.3 is 9.84 Å². The number of nitrogens with zero attached hydrogens (tertiary/aromatic N) is 1. The highest BCUT2D eigenvalue weighted by Crippen LogP contribution is 2.28. The average Bonchev–Trinajstić information content (AvgIpc) is 2.54. The Morgan fingerprint density at radius 3 is 2.50 bits per heavy atom. The van der Waals surface area contributed by atoms with Crippen molar-refractivity contribution < 1.29 is 23.1 Å². The Labute approximate surface area is 142 Å². The number of hydrogen-bond acceptors (Lipinski definition) is 4. The number of carbonyl (C=O) groups is 1. The van der Waals surface area contributed by atoms with Crippen LogP contribution in [-0.2, 0) is 14.8 Å². The zero-order chi connectivity index (χ0) is 17.9. The maximum atomic E-state index is 12.8. The molecule has 132 valence electrons. The molecule has 1 aromatic carbocycles. The van der Waals surface area contributed by atoms with Gasteiger partial charge in [-0.25, -0.2) is 8.42 Å². The van der Waals surface area contributed by atoms with E-state index in [1.54, 1.807) is 18.2 Å². The molecule has 7 heteroatoms. The van der Waals surface area contributed by atoms with Crippen LogP contribution in [0.25, 0.3) is 6.08 Å². The molecule has 0 atom stereocenters. The van der Waals surface area contributed by atoms with Crippen LogP contribution in [-0.4, -0.2) is 43.0 Å². The molecule has 1 N–H and O–H groups in total. The third-order valence-electron chi connectivity index (χ3n) is 4.00. The second-order valence-electron chi connectivity index (χ2n) is 6.09. The Kier molecular flexibility index (Phi) is 5.66. The van der Waals surface area contributed by atoms with E-state index in [0.717, 1.165) is 0 Å². The van der Waals surface area contributed by atoms with E-state index in [9.17, 15) is 13.2 Å². The van der Waals surface area contributed by atoms with Crippen molar-refractivity contribution in [1.29, 1.82) is 0 Å². The number of aliphatic carboxylic acids is 1. The van der Waals surface area contributed by atoms with E-state index in [4.69, 9.17) is 9.84 Å². The summed E-state index contributed by atoms with van der Waals surface area (Å²) in [4.78, 5) is 11.2. The molecule has 0 radical (unpaired) electrons.